The Morgan fingerprint density at radius 3 is 2.61 bits per heavy atom. The molecule has 0 bridgehead atoms. The van der Waals surface area contributed by atoms with Crippen molar-refractivity contribution in [2.75, 3.05) is 6.54 Å². The first-order chi connectivity index (χ1) is 8.24. The first-order valence-corrected chi connectivity index (χ1v) is 5.94. The molecule has 0 fully saturated rings. The van der Waals surface area contributed by atoms with E-state index in [2.05, 4.69) is 0 Å². The van der Waals surface area contributed by atoms with Gasteiger partial charge in [-0.3, -0.25) is 14.9 Å². The minimum absolute atomic E-state index is 0.471. The Balaban J connectivity index is 3.24. The van der Waals surface area contributed by atoms with Gasteiger partial charge in [0.05, 0.1) is 17.5 Å². The van der Waals surface area contributed by atoms with Crippen LogP contribution in [0.25, 0.3) is 0 Å². The van der Waals surface area contributed by atoms with Gasteiger partial charge >= 0.3 is 0 Å². The number of nitro groups is 1. The molecule has 0 aliphatic carbocycles. The van der Waals surface area contributed by atoms with E-state index < -0.39 is 43.8 Å². The molecule has 0 radical (unpaired) electrons. The molecule has 8 nitrogen and oxygen atoms in total. The van der Waals surface area contributed by atoms with Crippen LogP contribution in [0.2, 0.25) is 0 Å². The van der Waals surface area contributed by atoms with Crippen LogP contribution in [0.4, 0.5) is 10.1 Å². The third-order valence-corrected chi connectivity index (χ3v) is 3.29. The fourth-order valence-corrected chi connectivity index (χ4v) is 2.25. The van der Waals surface area contributed by atoms with E-state index in [-0.39, 0.29) is 0 Å². The lowest BCUT2D eigenvalue weighted by atomic mass is 10.3. The molecule has 3 N–H and O–H groups in total. The maximum Gasteiger partial charge on any atom is 0.292 e. The van der Waals surface area contributed by atoms with Crippen molar-refractivity contribution >= 4 is 21.6 Å². The lowest BCUT2D eigenvalue weighted by molar-refractivity contribution is -0.388. The highest BCUT2D eigenvalue weighted by Gasteiger charge is 2.26. The molecular weight excluding hydrogens is 269 g/mol. The zero-order valence-corrected chi connectivity index (χ0v) is 9.61. The zero-order valence-electron chi connectivity index (χ0n) is 8.79. The molecule has 0 aliphatic rings. The van der Waals surface area contributed by atoms with Crippen molar-refractivity contribution in [1.82, 2.24) is 4.72 Å². The summed E-state index contributed by atoms with van der Waals surface area (Å²) in [5.74, 6) is -1.90. The number of hydrogen-bond donors (Lipinski definition) is 2. The van der Waals surface area contributed by atoms with E-state index in [4.69, 9.17) is 5.73 Å². The molecule has 0 heterocycles. The highest BCUT2D eigenvalue weighted by atomic mass is 32.2. The van der Waals surface area contributed by atoms with Gasteiger partial charge in [-0.05, 0) is 12.1 Å². The van der Waals surface area contributed by atoms with Crippen LogP contribution < -0.4 is 10.5 Å². The molecule has 0 atom stereocenters. The predicted molar refractivity (Wildman–Crippen MR) is 57.4 cm³/mol. The van der Waals surface area contributed by atoms with Crippen molar-refractivity contribution < 1.29 is 22.5 Å². The molecular formula is C8H8FN3O5S. The summed E-state index contributed by atoms with van der Waals surface area (Å²) in [5.41, 5.74) is 3.82. The molecule has 0 saturated heterocycles. The number of carbonyl (C=O) groups is 1. The molecule has 0 spiro atoms. The molecule has 10 heteroatoms. The second-order valence-electron chi connectivity index (χ2n) is 3.16. The Bertz CT molecular complexity index is 601. The quantitative estimate of drug-likeness (QED) is 0.553. The van der Waals surface area contributed by atoms with Crippen molar-refractivity contribution in [3.8, 4) is 0 Å². The lowest BCUT2D eigenvalue weighted by Gasteiger charge is -2.05. The second kappa shape index (κ2) is 5.06. The minimum atomic E-state index is -4.31. The molecule has 1 aromatic rings. The van der Waals surface area contributed by atoms with Gasteiger partial charge in [-0.1, -0.05) is 0 Å². The van der Waals surface area contributed by atoms with E-state index in [9.17, 15) is 27.7 Å². The fraction of sp³-hybridized carbons (Fsp3) is 0.125. The summed E-state index contributed by atoms with van der Waals surface area (Å²) in [6, 6.07) is 1.96. The SMILES string of the molecule is NC(=O)CNS(=O)(=O)c1ccc(F)cc1[N+](=O)[O-]. The van der Waals surface area contributed by atoms with E-state index >= 15 is 0 Å². The highest BCUT2D eigenvalue weighted by molar-refractivity contribution is 7.89. The summed E-state index contributed by atoms with van der Waals surface area (Å²) >= 11 is 0. The molecule has 98 valence electrons. The Morgan fingerprint density at radius 1 is 1.50 bits per heavy atom. The monoisotopic (exact) mass is 277 g/mol. The van der Waals surface area contributed by atoms with Gasteiger partial charge in [0.2, 0.25) is 15.9 Å². The maximum atomic E-state index is 12.8. The van der Waals surface area contributed by atoms with Crippen LogP contribution in [-0.2, 0) is 14.8 Å². The van der Waals surface area contributed by atoms with E-state index in [1.54, 1.807) is 4.72 Å². The summed E-state index contributed by atoms with van der Waals surface area (Å²) in [5, 5.41) is 10.6. The van der Waals surface area contributed by atoms with Crippen LogP contribution >= 0.6 is 0 Å². The van der Waals surface area contributed by atoms with Crippen molar-refractivity contribution in [3.63, 3.8) is 0 Å². The molecule has 0 aromatic heterocycles. The van der Waals surface area contributed by atoms with Gasteiger partial charge in [0.1, 0.15) is 5.82 Å². The molecule has 18 heavy (non-hydrogen) atoms. The number of benzene rings is 1. The Labute approximate surface area is 101 Å². The predicted octanol–water partition coefficient (Wildman–Crippen LogP) is -0.503. The van der Waals surface area contributed by atoms with Crippen LogP contribution in [0.3, 0.4) is 0 Å². The van der Waals surface area contributed by atoms with Gasteiger partial charge in [0.25, 0.3) is 5.69 Å². The van der Waals surface area contributed by atoms with E-state index in [1.807, 2.05) is 0 Å². The van der Waals surface area contributed by atoms with Gasteiger partial charge in [-0.25, -0.2) is 17.5 Å². The highest BCUT2D eigenvalue weighted by Crippen LogP contribution is 2.24. The van der Waals surface area contributed by atoms with E-state index in [0.717, 1.165) is 12.1 Å². The minimum Gasteiger partial charge on any atom is -0.369 e. The van der Waals surface area contributed by atoms with Crippen LogP contribution in [0, 0.1) is 15.9 Å². The molecule has 1 aromatic carbocycles. The number of amides is 1. The number of carbonyl (C=O) groups excluding carboxylic acids is 1. The van der Waals surface area contributed by atoms with Gasteiger partial charge < -0.3 is 5.73 Å². The number of primary amides is 1. The van der Waals surface area contributed by atoms with Crippen LogP contribution in [0.1, 0.15) is 0 Å². The van der Waals surface area contributed by atoms with Gasteiger partial charge in [0.15, 0.2) is 4.90 Å². The van der Waals surface area contributed by atoms with Crippen molar-refractivity contribution in [2.24, 2.45) is 5.73 Å². The first kappa shape index (κ1) is 14.0. The first-order valence-electron chi connectivity index (χ1n) is 4.46. The van der Waals surface area contributed by atoms with Crippen molar-refractivity contribution in [3.05, 3.63) is 34.1 Å². The molecule has 0 saturated carbocycles. The van der Waals surface area contributed by atoms with Gasteiger partial charge in [-0.2, -0.15) is 0 Å². The van der Waals surface area contributed by atoms with Crippen LogP contribution in [0.5, 0.6) is 0 Å². The van der Waals surface area contributed by atoms with Crippen LogP contribution in [-0.4, -0.2) is 25.8 Å². The summed E-state index contributed by atoms with van der Waals surface area (Å²) in [7, 11) is -4.31. The molecule has 1 amide bonds. The topological polar surface area (TPSA) is 132 Å². The fourth-order valence-electron chi connectivity index (χ4n) is 1.10. The molecule has 1 rings (SSSR count). The Morgan fingerprint density at radius 2 is 2.11 bits per heavy atom. The normalized spacial score (nSPS) is 11.2. The zero-order chi connectivity index (χ0) is 13.9. The number of nitro benzene ring substituents is 1. The number of nitrogens with zero attached hydrogens (tertiary/aromatic N) is 1. The average molecular weight is 277 g/mol. The average Bonchev–Trinajstić information content (AvgIpc) is 2.26. The summed E-state index contributed by atoms with van der Waals surface area (Å²) in [6.45, 7) is -0.711. The number of rotatable bonds is 5. The maximum absolute atomic E-state index is 12.8. The summed E-state index contributed by atoms with van der Waals surface area (Å²) in [4.78, 5) is 19.3. The third-order valence-electron chi connectivity index (χ3n) is 1.84. The third kappa shape index (κ3) is 3.21. The van der Waals surface area contributed by atoms with Gasteiger partial charge in [-0.15, -0.1) is 0 Å². The number of nitrogens with one attached hydrogen (secondary N) is 1. The number of halogens is 1. The summed E-state index contributed by atoms with van der Waals surface area (Å²) < 4.78 is 37.8. The molecule has 0 aliphatic heterocycles. The molecule has 0 unspecified atom stereocenters. The smallest absolute Gasteiger partial charge is 0.292 e. The second-order valence-corrected chi connectivity index (χ2v) is 4.90. The van der Waals surface area contributed by atoms with E-state index in [0.29, 0.717) is 6.07 Å². The van der Waals surface area contributed by atoms with E-state index in [1.165, 1.54) is 0 Å². The van der Waals surface area contributed by atoms with Crippen LogP contribution in [0.15, 0.2) is 23.1 Å². The summed E-state index contributed by atoms with van der Waals surface area (Å²) in [6.07, 6.45) is 0. The van der Waals surface area contributed by atoms with Gasteiger partial charge in [0, 0.05) is 0 Å². The largest absolute Gasteiger partial charge is 0.369 e. The Hall–Kier alpha value is -2.07. The Kier molecular flexibility index (Phi) is 3.93. The number of hydrogen-bond acceptors (Lipinski definition) is 5. The van der Waals surface area contributed by atoms with Crippen molar-refractivity contribution in [2.45, 2.75) is 4.90 Å². The lowest BCUT2D eigenvalue weighted by Crippen LogP contribution is -2.33. The standard InChI is InChI=1S/C8H8FN3O5S/c9-5-1-2-7(6(3-5)12(14)15)18(16,17)11-4-8(10)13/h1-3,11H,4H2,(H2,10,13). The number of nitrogens with two attached hydrogens (primary N) is 1. The number of sulfonamides is 1. The van der Waals surface area contributed by atoms with Crippen molar-refractivity contribution in [1.29, 1.82) is 0 Å².